The molecule has 1 amide bonds. The van der Waals surface area contributed by atoms with Crippen LogP contribution in [0.3, 0.4) is 0 Å². The Hall–Kier alpha value is -3.37. The molecule has 0 saturated heterocycles. The van der Waals surface area contributed by atoms with Gasteiger partial charge in [0.2, 0.25) is 0 Å². The molecule has 0 aromatic carbocycles. The average Bonchev–Trinajstić information content (AvgIpc) is 3.32. The van der Waals surface area contributed by atoms with Gasteiger partial charge in [0.15, 0.2) is 0 Å². The van der Waals surface area contributed by atoms with E-state index in [1.807, 2.05) is 22.9 Å². The minimum absolute atomic E-state index is 0.0835. The number of methoxy groups -OCH3 is 1. The molecule has 5 rings (SSSR count). The van der Waals surface area contributed by atoms with E-state index >= 15 is 0 Å². The first kappa shape index (κ1) is 24.3. The zero-order valence-corrected chi connectivity index (χ0v) is 21.0. The molecule has 2 aliphatic carbocycles. The molecule has 0 aliphatic heterocycles. The number of nitrogens with one attached hydrogen (secondary N) is 3. The number of ether oxygens (including phenoxy) is 1. The van der Waals surface area contributed by atoms with Crippen LogP contribution < -0.4 is 21.5 Å². The predicted octanol–water partition coefficient (Wildman–Crippen LogP) is 3.05. The molecule has 0 unspecified atom stereocenters. The monoisotopic (exact) mass is 494 g/mol. The Morgan fingerprint density at radius 3 is 2.64 bits per heavy atom. The minimum atomic E-state index is -0.506. The molecule has 0 bridgehead atoms. The van der Waals surface area contributed by atoms with E-state index in [0.29, 0.717) is 34.7 Å². The van der Waals surface area contributed by atoms with Crippen LogP contribution in [0.5, 0.6) is 0 Å². The zero-order valence-electron chi connectivity index (χ0n) is 21.0. The Kier molecular flexibility index (Phi) is 6.48. The predicted molar refractivity (Wildman–Crippen MR) is 138 cm³/mol. The molecule has 10 heteroatoms. The fourth-order valence-corrected chi connectivity index (χ4v) is 5.15. The van der Waals surface area contributed by atoms with Gasteiger partial charge in [-0.2, -0.15) is 5.10 Å². The molecule has 0 spiro atoms. The Bertz CT molecular complexity index is 1320. The second kappa shape index (κ2) is 9.59. The van der Waals surface area contributed by atoms with Crippen molar-refractivity contribution in [1.29, 1.82) is 0 Å². The summed E-state index contributed by atoms with van der Waals surface area (Å²) < 4.78 is 9.12. The normalized spacial score (nSPS) is 25.8. The highest BCUT2D eigenvalue weighted by Crippen LogP contribution is 2.36. The largest absolute Gasteiger partial charge is 0.391 e. The zero-order chi connectivity index (χ0) is 25.4. The first-order valence-corrected chi connectivity index (χ1v) is 12.5. The average molecular weight is 495 g/mol. The summed E-state index contributed by atoms with van der Waals surface area (Å²) in [5.41, 5.74) is 1.92. The van der Waals surface area contributed by atoms with Crippen LogP contribution in [-0.2, 0) is 4.74 Å². The number of aromatic nitrogens is 3. The lowest BCUT2D eigenvalue weighted by Crippen LogP contribution is -2.50. The highest BCUT2D eigenvalue weighted by Gasteiger charge is 2.32. The third kappa shape index (κ3) is 4.46. The second-order valence-electron chi connectivity index (χ2n) is 10.1. The van der Waals surface area contributed by atoms with Crippen molar-refractivity contribution in [3.05, 3.63) is 52.6 Å². The highest BCUT2D eigenvalue weighted by molar-refractivity contribution is 6.01. The molecule has 36 heavy (non-hydrogen) atoms. The number of carbonyl (C=O) groups excluding carboxylic acids is 1. The summed E-state index contributed by atoms with van der Waals surface area (Å²) in [6.45, 7) is 2.12. The van der Waals surface area contributed by atoms with E-state index < -0.39 is 6.10 Å². The lowest BCUT2D eigenvalue weighted by molar-refractivity contribution is -0.0324. The standard InChI is InChI=1S/C26H34N6O4/c1-26(36-3)10-8-17(9-11-26)31-12-4-5-20(25(31)35)29-16-13-21-18(15-28-32(21)23(14-16)27-2)24(34)30-19-6-7-22(19)33/h4-5,12-15,17,19,22,27,29,33H,6-11H2,1-3H3,(H,30,34)/t17-,19-,22+,26-/m1/s1. The summed E-state index contributed by atoms with van der Waals surface area (Å²) >= 11 is 0. The summed E-state index contributed by atoms with van der Waals surface area (Å²) in [4.78, 5) is 26.3. The molecule has 0 radical (unpaired) electrons. The summed E-state index contributed by atoms with van der Waals surface area (Å²) in [6, 6.07) is 7.20. The molecular weight excluding hydrogens is 460 g/mol. The maximum absolute atomic E-state index is 13.4. The third-order valence-corrected chi connectivity index (χ3v) is 7.83. The summed E-state index contributed by atoms with van der Waals surface area (Å²) in [7, 11) is 3.52. The number of aliphatic hydroxyl groups is 1. The van der Waals surface area contributed by atoms with Crippen LogP contribution in [0, 0.1) is 0 Å². The molecule has 3 aromatic heterocycles. The van der Waals surface area contributed by atoms with E-state index in [1.54, 1.807) is 30.8 Å². The first-order chi connectivity index (χ1) is 17.3. The third-order valence-electron chi connectivity index (χ3n) is 7.83. The van der Waals surface area contributed by atoms with Crippen LogP contribution in [-0.4, -0.2) is 57.1 Å². The first-order valence-electron chi connectivity index (χ1n) is 12.5. The lowest BCUT2D eigenvalue weighted by Gasteiger charge is -2.36. The molecule has 2 saturated carbocycles. The molecule has 2 fully saturated rings. The van der Waals surface area contributed by atoms with E-state index in [4.69, 9.17) is 4.74 Å². The quantitative estimate of drug-likeness (QED) is 0.398. The van der Waals surface area contributed by atoms with Crippen molar-refractivity contribution in [1.82, 2.24) is 19.5 Å². The summed E-state index contributed by atoms with van der Waals surface area (Å²) in [5, 5.41) is 23.5. The maximum atomic E-state index is 13.4. The van der Waals surface area contributed by atoms with E-state index in [0.717, 1.165) is 32.1 Å². The number of amides is 1. The van der Waals surface area contributed by atoms with Crippen molar-refractivity contribution in [2.24, 2.45) is 0 Å². The minimum Gasteiger partial charge on any atom is -0.391 e. The smallest absolute Gasteiger partial charge is 0.274 e. The molecular formula is C26H34N6O4. The van der Waals surface area contributed by atoms with Gasteiger partial charge in [-0.05, 0) is 63.6 Å². The van der Waals surface area contributed by atoms with E-state index in [2.05, 4.69) is 28.0 Å². The van der Waals surface area contributed by atoms with E-state index in [-0.39, 0.29) is 29.2 Å². The van der Waals surface area contributed by atoms with Gasteiger partial charge in [-0.15, -0.1) is 0 Å². The van der Waals surface area contributed by atoms with Crippen molar-refractivity contribution in [3.8, 4) is 0 Å². The maximum Gasteiger partial charge on any atom is 0.274 e. The number of fused-ring (bicyclic) bond motifs is 1. The van der Waals surface area contributed by atoms with Gasteiger partial charge in [0.05, 0.1) is 35.0 Å². The SMILES string of the molecule is CNc1cc(Nc2cccn([C@H]3CC[C@](C)(OC)CC3)c2=O)cc2c(C(=O)N[C@@H]3CC[C@@H]3O)cnn12. The number of rotatable bonds is 7. The Morgan fingerprint density at radius 1 is 1.22 bits per heavy atom. The topological polar surface area (TPSA) is 122 Å². The fraction of sp³-hybridized carbons (Fsp3) is 0.500. The van der Waals surface area contributed by atoms with Crippen molar-refractivity contribution < 1.29 is 14.6 Å². The molecule has 192 valence electrons. The van der Waals surface area contributed by atoms with Crippen LogP contribution >= 0.6 is 0 Å². The van der Waals surface area contributed by atoms with E-state index in [9.17, 15) is 14.7 Å². The van der Waals surface area contributed by atoms with Crippen LogP contribution in [0.1, 0.15) is 61.8 Å². The van der Waals surface area contributed by atoms with Gasteiger partial charge in [0, 0.05) is 38.1 Å². The van der Waals surface area contributed by atoms with Gasteiger partial charge < -0.3 is 30.4 Å². The van der Waals surface area contributed by atoms with Gasteiger partial charge in [-0.3, -0.25) is 9.59 Å². The number of aliphatic hydroxyl groups excluding tert-OH is 1. The molecule has 3 aromatic rings. The summed E-state index contributed by atoms with van der Waals surface area (Å²) in [5.74, 6) is 0.385. The second-order valence-corrected chi connectivity index (χ2v) is 10.1. The van der Waals surface area contributed by atoms with Gasteiger partial charge >= 0.3 is 0 Å². The molecule has 2 aliphatic rings. The van der Waals surface area contributed by atoms with Crippen molar-refractivity contribution >= 4 is 28.6 Å². The van der Waals surface area contributed by atoms with Crippen LogP contribution in [0.2, 0.25) is 0 Å². The van der Waals surface area contributed by atoms with Gasteiger partial charge in [-0.25, -0.2) is 4.52 Å². The Morgan fingerprint density at radius 2 is 2.00 bits per heavy atom. The lowest BCUT2D eigenvalue weighted by atomic mass is 9.83. The van der Waals surface area contributed by atoms with Crippen molar-refractivity contribution in [2.45, 2.75) is 69.2 Å². The Balaban J connectivity index is 1.42. The van der Waals surface area contributed by atoms with Crippen LogP contribution in [0.15, 0.2) is 41.5 Å². The number of anilines is 3. The van der Waals surface area contributed by atoms with Crippen molar-refractivity contribution in [2.75, 3.05) is 24.8 Å². The number of hydrogen-bond acceptors (Lipinski definition) is 7. The van der Waals surface area contributed by atoms with E-state index in [1.165, 1.54) is 6.20 Å². The number of nitrogens with zero attached hydrogens (tertiary/aromatic N) is 3. The number of pyridine rings is 2. The number of hydrogen-bond donors (Lipinski definition) is 4. The molecule has 4 N–H and O–H groups in total. The molecule has 2 atom stereocenters. The van der Waals surface area contributed by atoms with Crippen molar-refractivity contribution in [3.63, 3.8) is 0 Å². The van der Waals surface area contributed by atoms with Crippen LogP contribution in [0.25, 0.3) is 5.52 Å². The number of carbonyl (C=O) groups is 1. The van der Waals surface area contributed by atoms with Gasteiger partial charge in [0.25, 0.3) is 11.5 Å². The van der Waals surface area contributed by atoms with Gasteiger partial charge in [-0.1, -0.05) is 0 Å². The van der Waals surface area contributed by atoms with Crippen LogP contribution in [0.4, 0.5) is 17.2 Å². The highest BCUT2D eigenvalue weighted by atomic mass is 16.5. The fourth-order valence-electron chi connectivity index (χ4n) is 5.15. The van der Waals surface area contributed by atoms with Gasteiger partial charge in [0.1, 0.15) is 11.5 Å². The Labute approximate surface area is 209 Å². The molecule has 3 heterocycles. The molecule has 10 nitrogen and oxygen atoms in total. The summed E-state index contributed by atoms with van der Waals surface area (Å²) in [6.07, 6.45) is 7.90.